The minimum absolute atomic E-state index is 0.122. The van der Waals surface area contributed by atoms with Crippen LogP contribution in [0, 0.1) is 6.92 Å². The van der Waals surface area contributed by atoms with Gasteiger partial charge in [0.05, 0.1) is 11.4 Å². The Balaban J connectivity index is 1.45. The highest BCUT2D eigenvalue weighted by Crippen LogP contribution is 2.29. The number of ketones is 1. The highest BCUT2D eigenvalue weighted by Gasteiger charge is 2.35. The largest absolute Gasteiger partial charge is 0.438 e. The Morgan fingerprint density at radius 2 is 1.75 bits per heavy atom. The molecule has 1 aromatic heterocycles. The van der Waals surface area contributed by atoms with Crippen LogP contribution in [0.15, 0.2) is 105 Å². The third-order valence-electron chi connectivity index (χ3n) is 5.45. The van der Waals surface area contributed by atoms with E-state index in [9.17, 15) is 14.4 Å². The van der Waals surface area contributed by atoms with Crippen LogP contribution in [0.1, 0.15) is 21.6 Å². The van der Waals surface area contributed by atoms with E-state index in [-0.39, 0.29) is 23.1 Å². The number of carbonyl (C=O) groups excluding carboxylic acids is 2. The highest BCUT2D eigenvalue weighted by atomic mass is 32.2. The molecule has 0 bridgehead atoms. The average Bonchev–Trinajstić information content (AvgIpc) is 3.43. The molecule has 9 heteroatoms. The molecule has 0 spiro atoms. The third-order valence-corrected chi connectivity index (χ3v) is 6.39. The Morgan fingerprint density at radius 3 is 2.47 bits per heavy atom. The number of nitrogens with zero attached hydrogens (tertiary/aromatic N) is 3. The first-order valence-electron chi connectivity index (χ1n) is 11.1. The summed E-state index contributed by atoms with van der Waals surface area (Å²) in [6.07, 6.45) is 1.73. The highest BCUT2D eigenvalue weighted by molar-refractivity contribution is 8.14. The first-order valence-corrected chi connectivity index (χ1v) is 12.1. The number of anilines is 1. The van der Waals surface area contributed by atoms with Crippen LogP contribution in [-0.2, 0) is 4.79 Å². The summed E-state index contributed by atoms with van der Waals surface area (Å²) in [5, 5.41) is 2.83. The number of Topliss-reactive ketones (excluding diaryl/α,β-unsaturated/α-hetero) is 1. The first kappa shape index (κ1) is 23.3. The lowest BCUT2D eigenvalue weighted by Crippen LogP contribution is -2.41. The van der Waals surface area contributed by atoms with Crippen LogP contribution in [0.2, 0.25) is 0 Å². The second-order valence-corrected chi connectivity index (χ2v) is 8.97. The molecule has 0 aliphatic carbocycles. The molecule has 0 saturated heterocycles. The molecule has 1 aliphatic rings. The fourth-order valence-corrected chi connectivity index (χ4v) is 4.66. The van der Waals surface area contributed by atoms with Gasteiger partial charge in [-0.1, -0.05) is 78.0 Å². The third kappa shape index (κ3) is 4.69. The zero-order valence-corrected chi connectivity index (χ0v) is 20.1. The number of nitrogens with one attached hydrogen (secondary N) is 1. The molecule has 8 nitrogen and oxygen atoms in total. The van der Waals surface area contributed by atoms with E-state index in [4.69, 9.17) is 4.52 Å². The standard InChI is InChI=1S/C27H20N4O4S/c1-18-9-8-10-19(15-18)16-22-25(33)30(20-11-4-2-5-12-20)27(28-22)36-17-23(32)24-26(34)35-29-31(24)21-13-6-3-7-14-21/h2-16H,17H2,1H3/p+1/b22-16+. The monoisotopic (exact) mass is 497 g/mol. The molecule has 36 heavy (non-hydrogen) atoms. The molecule has 0 atom stereocenters. The van der Waals surface area contributed by atoms with Gasteiger partial charge in [-0.2, -0.15) is 0 Å². The van der Waals surface area contributed by atoms with E-state index >= 15 is 0 Å². The molecule has 1 N–H and O–H groups in total. The SMILES string of the molecule is Cc1cccc(/C=C2/N=C(SCC(=O)c3c(=O)o[nH][n+]3-c3ccccc3)N(c3ccccc3)C2=O)c1. The van der Waals surface area contributed by atoms with Crippen molar-refractivity contribution >= 4 is 40.4 Å². The number of carbonyl (C=O) groups is 2. The van der Waals surface area contributed by atoms with Crippen molar-refractivity contribution in [3.63, 3.8) is 0 Å². The number of hydrogen-bond donors (Lipinski definition) is 1. The number of amides is 1. The summed E-state index contributed by atoms with van der Waals surface area (Å²) in [6.45, 7) is 1.98. The van der Waals surface area contributed by atoms with Gasteiger partial charge in [0.15, 0.2) is 5.17 Å². The molecule has 5 rings (SSSR count). The lowest BCUT2D eigenvalue weighted by atomic mass is 10.1. The summed E-state index contributed by atoms with van der Waals surface area (Å²) < 4.78 is 6.20. The van der Waals surface area contributed by atoms with E-state index in [0.29, 0.717) is 16.5 Å². The number of aromatic amines is 1. The normalized spacial score (nSPS) is 14.4. The quantitative estimate of drug-likeness (QED) is 0.247. The molecule has 0 unspecified atom stereocenters. The molecule has 3 aromatic carbocycles. The predicted octanol–water partition coefficient (Wildman–Crippen LogP) is 3.91. The van der Waals surface area contributed by atoms with Crippen molar-refractivity contribution < 1.29 is 18.8 Å². The molecular formula is C27H21N4O4S+. The van der Waals surface area contributed by atoms with Gasteiger partial charge < -0.3 is 0 Å². The number of thioether (sulfide) groups is 1. The van der Waals surface area contributed by atoms with Gasteiger partial charge in [0.1, 0.15) is 5.70 Å². The predicted molar refractivity (Wildman–Crippen MR) is 138 cm³/mol. The number of aryl methyl sites for hydroxylation is 1. The number of hydrogen-bond acceptors (Lipinski definition) is 6. The minimum atomic E-state index is -0.770. The zero-order chi connectivity index (χ0) is 25.1. The van der Waals surface area contributed by atoms with Crippen molar-refractivity contribution in [1.29, 1.82) is 0 Å². The van der Waals surface area contributed by atoms with Gasteiger partial charge in [-0.05, 0) is 40.6 Å². The number of aromatic nitrogens is 2. The lowest BCUT2D eigenvalue weighted by molar-refractivity contribution is -0.672. The van der Waals surface area contributed by atoms with Crippen LogP contribution < -0.4 is 15.2 Å². The van der Waals surface area contributed by atoms with Crippen molar-refractivity contribution in [3.05, 3.63) is 118 Å². The number of para-hydroxylation sites is 2. The van der Waals surface area contributed by atoms with Gasteiger partial charge >= 0.3 is 11.3 Å². The number of H-pyrrole nitrogens is 1. The Bertz CT molecular complexity index is 1560. The first-order chi connectivity index (χ1) is 17.5. The smallest absolute Gasteiger partial charge is 0.286 e. The van der Waals surface area contributed by atoms with Crippen LogP contribution in [0.3, 0.4) is 0 Å². The van der Waals surface area contributed by atoms with Crippen molar-refractivity contribution in [2.75, 3.05) is 10.7 Å². The van der Waals surface area contributed by atoms with Crippen LogP contribution in [0.4, 0.5) is 5.69 Å². The Hall–Kier alpha value is -4.50. The van der Waals surface area contributed by atoms with E-state index in [0.717, 1.165) is 22.9 Å². The van der Waals surface area contributed by atoms with Gasteiger partial charge in [-0.25, -0.2) is 9.79 Å². The van der Waals surface area contributed by atoms with Crippen LogP contribution in [0.5, 0.6) is 0 Å². The van der Waals surface area contributed by atoms with Gasteiger partial charge in [-0.3, -0.25) is 19.0 Å². The molecule has 4 aromatic rings. The second kappa shape index (κ2) is 10.0. The van der Waals surface area contributed by atoms with E-state index in [2.05, 4.69) is 10.3 Å². The molecular weight excluding hydrogens is 476 g/mol. The van der Waals surface area contributed by atoms with Crippen molar-refractivity contribution in [1.82, 2.24) is 5.27 Å². The lowest BCUT2D eigenvalue weighted by Gasteiger charge is -2.17. The number of benzene rings is 3. The summed E-state index contributed by atoms with van der Waals surface area (Å²) in [6, 6.07) is 25.8. The van der Waals surface area contributed by atoms with E-state index in [1.165, 1.54) is 9.58 Å². The Morgan fingerprint density at radius 1 is 1.03 bits per heavy atom. The minimum Gasteiger partial charge on any atom is -0.286 e. The number of rotatable bonds is 6. The van der Waals surface area contributed by atoms with Crippen LogP contribution in [-0.4, -0.2) is 27.9 Å². The topological polar surface area (TPSA) is 99.6 Å². The second-order valence-electron chi connectivity index (χ2n) is 8.03. The van der Waals surface area contributed by atoms with Crippen LogP contribution in [0.25, 0.3) is 11.8 Å². The Labute approximate surface area is 210 Å². The molecule has 1 aliphatic heterocycles. The number of amidine groups is 1. The van der Waals surface area contributed by atoms with Crippen molar-refractivity contribution in [2.45, 2.75) is 6.92 Å². The zero-order valence-electron chi connectivity index (χ0n) is 19.3. The summed E-state index contributed by atoms with van der Waals surface area (Å²) in [7, 11) is 0. The van der Waals surface area contributed by atoms with E-state index in [1.807, 2.05) is 55.5 Å². The summed E-state index contributed by atoms with van der Waals surface area (Å²) in [5.41, 5.74) is 2.49. The summed E-state index contributed by atoms with van der Waals surface area (Å²) >= 11 is 1.08. The average molecular weight is 498 g/mol. The Kier molecular flexibility index (Phi) is 6.46. The molecule has 0 radical (unpaired) electrons. The van der Waals surface area contributed by atoms with Gasteiger partial charge in [0, 0.05) is 12.1 Å². The molecule has 0 fully saturated rings. The van der Waals surface area contributed by atoms with Crippen molar-refractivity contribution in [2.24, 2.45) is 4.99 Å². The number of aliphatic imine (C=N–C) groups is 1. The fourth-order valence-electron chi connectivity index (χ4n) is 3.78. The van der Waals surface area contributed by atoms with E-state index in [1.54, 1.807) is 42.5 Å². The molecule has 178 valence electrons. The molecule has 1 amide bonds. The van der Waals surface area contributed by atoms with Crippen molar-refractivity contribution in [3.8, 4) is 5.69 Å². The van der Waals surface area contributed by atoms with E-state index < -0.39 is 11.4 Å². The summed E-state index contributed by atoms with van der Waals surface area (Å²) in [4.78, 5) is 44.8. The van der Waals surface area contributed by atoms with Crippen LogP contribution >= 0.6 is 11.8 Å². The van der Waals surface area contributed by atoms with Gasteiger partial charge in [0.2, 0.25) is 11.5 Å². The maximum absolute atomic E-state index is 13.3. The fraction of sp³-hybridized carbons (Fsp3) is 0.0741. The van der Waals surface area contributed by atoms with Gasteiger partial charge in [0.25, 0.3) is 5.91 Å². The summed E-state index contributed by atoms with van der Waals surface area (Å²) in [5.74, 6) is -0.876. The maximum atomic E-state index is 13.3. The maximum Gasteiger partial charge on any atom is 0.438 e. The molecule has 0 saturated carbocycles. The molecule has 2 heterocycles. The van der Waals surface area contributed by atoms with Gasteiger partial charge in [-0.15, -0.1) is 0 Å².